The fourth-order valence-electron chi connectivity index (χ4n) is 5.62. The number of aromatic nitrogens is 2. The van der Waals surface area contributed by atoms with Crippen LogP contribution in [0.1, 0.15) is 42.8 Å². The summed E-state index contributed by atoms with van der Waals surface area (Å²) in [7, 11) is 0. The van der Waals surface area contributed by atoms with E-state index >= 15 is 0 Å². The highest BCUT2D eigenvalue weighted by Gasteiger charge is 2.43. The highest BCUT2D eigenvalue weighted by molar-refractivity contribution is 5.85. The first kappa shape index (κ1) is 24.1. The molecule has 2 unspecified atom stereocenters. The van der Waals surface area contributed by atoms with E-state index in [1.807, 2.05) is 30.3 Å². The predicted molar refractivity (Wildman–Crippen MR) is 129 cm³/mol. The second-order valence-corrected chi connectivity index (χ2v) is 9.62. The van der Waals surface area contributed by atoms with Crippen LogP contribution >= 0.6 is 0 Å². The van der Waals surface area contributed by atoms with Crippen molar-refractivity contribution in [3.05, 3.63) is 59.5 Å². The van der Waals surface area contributed by atoms with E-state index in [1.54, 1.807) is 19.2 Å². The molecule has 35 heavy (non-hydrogen) atoms. The zero-order valence-electron chi connectivity index (χ0n) is 19.7. The van der Waals surface area contributed by atoms with Gasteiger partial charge in [0.05, 0.1) is 30.3 Å². The third kappa shape index (κ3) is 4.76. The molecule has 0 spiro atoms. The van der Waals surface area contributed by atoms with Gasteiger partial charge in [-0.2, -0.15) is 0 Å². The highest BCUT2D eigenvalue weighted by atomic mass is 19.3. The molecule has 5 rings (SSSR count). The summed E-state index contributed by atoms with van der Waals surface area (Å²) in [6, 6.07) is 10.5. The van der Waals surface area contributed by atoms with E-state index in [9.17, 15) is 17.6 Å². The lowest BCUT2D eigenvalue weighted by Gasteiger charge is -2.41. The fraction of sp³-hybridized carbons (Fsp3) is 0.500. The van der Waals surface area contributed by atoms with Gasteiger partial charge in [0.25, 0.3) is 6.43 Å². The monoisotopic (exact) mass is 489 g/mol. The van der Waals surface area contributed by atoms with Crippen LogP contribution in [0.2, 0.25) is 0 Å². The van der Waals surface area contributed by atoms with Crippen LogP contribution in [0, 0.1) is 0 Å². The molecule has 0 saturated carbocycles. The Morgan fingerprint density at radius 3 is 2.74 bits per heavy atom. The van der Waals surface area contributed by atoms with Gasteiger partial charge in [-0.15, -0.1) is 0 Å². The topological polar surface area (TPSA) is 47.2 Å². The van der Waals surface area contributed by atoms with Gasteiger partial charge >= 0.3 is 0 Å². The Labute approximate surface area is 202 Å². The Morgan fingerprint density at radius 1 is 1.17 bits per heavy atom. The maximum absolute atomic E-state index is 14.9. The number of likely N-dealkylation sites (tertiary alicyclic amines) is 1. The molecule has 9 heteroatoms. The summed E-state index contributed by atoms with van der Waals surface area (Å²) in [5.74, 6) is 0. The number of anilines is 1. The number of para-hydroxylation sites is 1. The highest BCUT2D eigenvalue weighted by Crippen LogP contribution is 2.42. The zero-order chi connectivity index (χ0) is 24.5. The minimum atomic E-state index is -3.12. The van der Waals surface area contributed by atoms with Crippen LogP contribution in [0.4, 0.5) is 23.2 Å². The van der Waals surface area contributed by atoms with Gasteiger partial charge in [0, 0.05) is 48.3 Å². The third-order valence-corrected chi connectivity index (χ3v) is 7.24. The second kappa shape index (κ2) is 10.1. The summed E-state index contributed by atoms with van der Waals surface area (Å²) in [4.78, 5) is 11.5. The molecular weight excluding hydrogens is 458 g/mol. The lowest BCUT2D eigenvalue weighted by molar-refractivity contribution is -0.0842. The largest absolute Gasteiger partial charge is 0.380 e. The van der Waals surface area contributed by atoms with E-state index in [0.717, 1.165) is 53.9 Å². The van der Waals surface area contributed by atoms with Crippen LogP contribution in [-0.2, 0) is 6.42 Å². The van der Waals surface area contributed by atoms with Crippen LogP contribution in [0.3, 0.4) is 0 Å². The van der Waals surface area contributed by atoms with E-state index < -0.39 is 24.8 Å². The number of halogens is 4. The summed E-state index contributed by atoms with van der Waals surface area (Å²) in [5.41, 5.74) is 4.00. The number of aromatic amines is 1. The van der Waals surface area contributed by atoms with Gasteiger partial charge in [0.2, 0.25) is 6.30 Å². The van der Waals surface area contributed by atoms with Crippen molar-refractivity contribution in [2.45, 2.75) is 57.0 Å². The number of hydrogen-bond donors (Lipinski definition) is 2. The first-order valence-electron chi connectivity index (χ1n) is 12.3. The lowest BCUT2D eigenvalue weighted by Crippen LogP contribution is -2.49. The van der Waals surface area contributed by atoms with Gasteiger partial charge in [-0.1, -0.05) is 18.2 Å². The third-order valence-electron chi connectivity index (χ3n) is 7.24. The molecule has 0 radical (unpaired) electrons. The number of benzene rings is 1. The van der Waals surface area contributed by atoms with Crippen molar-refractivity contribution in [2.24, 2.45) is 0 Å². The normalized spacial score (nSPS) is 24.2. The molecule has 2 aliphatic rings. The van der Waals surface area contributed by atoms with Crippen LogP contribution in [-0.4, -0.2) is 70.9 Å². The Balaban J connectivity index is 1.42. The molecule has 0 bridgehead atoms. The molecule has 188 valence electrons. The van der Waals surface area contributed by atoms with Crippen LogP contribution in [0.5, 0.6) is 0 Å². The summed E-state index contributed by atoms with van der Waals surface area (Å²) in [5, 5.41) is 4.50. The number of fused-ring (bicyclic) bond motifs is 3. The molecule has 0 amide bonds. The molecule has 1 saturated heterocycles. The zero-order valence-corrected chi connectivity index (χ0v) is 19.7. The van der Waals surface area contributed by atoms with Gasteiger partial charge in [0.15, 0.2) is 0 Å². The van der Waals surface area contributed by atoms with E-state index in [1.165, 1.54) is 4.90 Å². The average Bonchev–Trinajstić information content (AvgIpc) is 3.46. The lowest BCUT2D eigenvalue weighted by atomic mass is 9.90. The SMILES string of the molecule is C[C@@H]1Cc2c([nH]c3ccccc23)[C@@H](c2ccc(NC3CCN(CCCF)C3)cn2)N1C(F)C(F)F. The standard InChI is InChI=1S/C26H31F4N5/c1-16-13-20-19-5-2-3-6-21(19)33-23(20)24(35(16)26(30)25(28)29)22-8-7-17(14-31-22)32-18-9-12-34(15-18)11-4-10-27/h2-3,5-8,14,16,18,24-26,32-33H,4,9-13,15H2,1H3/t16-,18?,24-,26?/m1/s1. The molecule has 2 aliphatic heterocycles. The van der Waals surface area contributed by atoms with Crippen molar-refractivity contribution < 1.29 is 17.6 Å². The fourth-order valence-corrected chi connectivity index (χ4v) is 5.62. The smallest absolute Gasteiger partial charge is 0.282 e. The first-order valence-corrected chi connectivity index (χ1v) is 12.3. The molecule has 2 N–H and O–H groups in total. The summed E-state index contributed by atoms with van der Waals surface area (Å²) >= 11 is 0. The van der Waals surface area contributed by atoms with Gasteiger partial charge < -0.3 is 15.2 Å². The Hall–Kier alpha value is -2.65. The Morgan fingerprint density at radius 2 is 2.00 bits per heavy atom. The number of nitrogens with zero attached hydrogens (tertiary/aromatic N) is 3. The minimum absolute atomic E-state index is 0.239. The van der Waals surface area contributed by atoms with Gasteiger partial charge in [0.1, 0.15) is 0 Å². The van der Waals surface area contributed by atoms with Crippen molar-refractivity contribution in [2.75, 3.05) is 31.6 Å². The average molecular weight is 490 g/mol. The number of H-pyrrole nitrogens is 1. The molecule has 5 nitrogen and oxygen atoms in total. The van der Waals surface area contributed by atoms with Gasteiger partial charge in [-0.05, 0) is 49.9 Å². The van der Waals surface area contributed by atoms with Crippen molar-refractivity contribution >= 4 is 16.6 Å². The maximum atomic E-state index is 14.9. The van der Waals surface area contributed by atoms with Crippen molar-refractivity contribution in [3.63, 3.8) is 0 Å². The quantitative estimate of drug-likeness (QED) is 0.333. The van der Waals surface area contributed by atoms with Crippen molar-refractivity contribution in [1.29, 1.82) is 0 Å². The molecule has 3 aromatic rings. The van der Waals surface area contributed by atoms with E-state index in [2.05, 4.69) is 20.2 Å². The molecule has 2 aromatic heterocycles. The molecule has 1 fully saturated rings. The second-order valence-electron chi connectivity index (χ2n) is 9.62. The number of hydrogen-bond acceptors (Lipinski definition) is 4. The minimum Gasteiger partial charge on any atom is -0.380 e. The molecule has 1 aromatic carbocycles. The first-order chi connectivity index (χ1) is 17.0. The van der Waals surface area contributed by atoms with E-state index in [0.29, 0.717) is 18.5 Å². The summed E-state index contributed by atoms with van der Waals surface area (Å²) in [6.45, 7) is 4.00. The van der Waals surface area contributed by atoms with Crippen LogP contribution in [0.25, 0.3) is 10.9 Å². The molecular formula is C26H31F4N5. The summed E-state index contributed by atoms with van der Waals surface area (Å²) in [6.07, 6.45) is -1.85. The van der Waals surface area contributed by atoms with Gasteiger partial charge in [-0.25, -0.2) is 13.2 Å². The van der Waals surface area contributed by atoms with Crippen LogP contribution in [0.15, 0.2) is 42.6 Å². The van der Waals surface area contributed by atoms with Gasteiger partial charge in [-0.3, -0.25) is 14.3 Å². The molecule has 0 aliphatic carbocycles. The predicted octanol–water partition coefficient (Wildman–Crippen LogP) is 5.31. The van der Waals surface area contributed by atoms with E-state index in [-0.39, 0.29) is 12.7 Å². The number of rotatable bonds is 8. The van der Waals surface area contributed by atoms with Crippen molar-refractivity contribution in [3.8, 4) is 0 Å². The van der Waals surface area contributed by atoms with Crippen LogP contribution < -0.4 is 5.32 Å². The summed E-state index contributed by atoms with van der Waals surface area (Å²) < 4.78 is 54.5. The van der Waals surface area contributed by atoms with E-state index in [4.69, 9.17) is 0 Å². The molecule has 4 heterocycles. The number of nitrogens with one attached hydrogen (secondary N) is 2. The van der Waals surface area contributed by atoms with Crippen molar-refractivity contribution in [1.82, 2.24) is 19.8 Å². The Kier molecular flexibility index (Phi) is 6.98. The maximum Gasteiger partial charge on any atom is 0.282 e. The Bertz CT molecular complexity index is 1130. The number of alkyl halides is 4. The number of pyridine rings is 1. The molecule has 4 atom stereocenters.